The molecule has 0 aliphatic heterocycles. The topological polar surface area (TPSA) is 68.4 Å². The fourth-order valence-electron chi connectivity index (χ4n) is 2.14. The van der Waals surface area contributed by atoms with Crippen molar-refractivity contribution in [1.29, 1.82) is 0 Å². The SMILES string of the molecule is CCOC(c1noc(-c2cc(O)ccc2Cl)n1)C1CC1. The summed E-state index contributed by atoms with van der Waals surface area (Å²) in [6.07, 6.45) is 2.14. The predicted octanol–water partition coefficient (Wildman–Crippen LogP) is 3.58. The van der Waals surface area contributed by atoms with Gasteiger partial charge in [0.25, 0.3) is 5.89 Å². The molecule has 0 amide bonds. The highest BCUT2D eigenvalue weighted by Gasteiger charge is 2.36. The van der Waals surface area contributed by atoms with Crippen LogP contribution in [0.1, 0.15) is 31.7 Å². The summed E-state index contributed by atoms with van der Waals surface area (Å²) in [5.41, 5.74) is 0.525. The largest absolute Gasteiger partial charge is 0.508 e. The van der Waals surface area contributed by atoms with E-state index < -0.39 is 0 Å². The molecule has 0 spiro atoms. The zero-order valence-corrected chi connectivity index (χ0v) is 11.8. The van der Waals surface area contributed by atoms with Gasteiger partial charge in [-0.1, -0.05) is 16.8 Å². The normalized spacial score (nSPS) is 16.3. The van der Waals surface area contributed by atoms with Crippen molar-refractivity contribution in [2.45, 2.75) is 25.9 Å². The van der Waals surface area contributed by atoms with Crippen molar-refractivity contribution in [3.63, 3.8) is 0 Å². The van der Waals surface area contributed by atoms with Gasteiger partial charge < -0.3 is 14.4 Å². The van der Waals surface area contributed by atoms with Gasteiger partial charge in [0.1, 0.15) is 11.9 Å². The quantitative estimate of drug-likeness (QED) is 0.913. The molecular formula is C14H15ClN2O3. The summed E-state index contributed by atoms with van der Waals surface area (Å²) in [4.78, 5) is 4.36. The first-order valence-electron chi connectivity index (χ1n) is 6.63. The summed E-state index contributed by atoms with van der Waals surface area (Å²) in [6.45, 7) is 2.56. The summed E-state index contributed by atoms with van der Waals surface area (Å²) in [5.74, 6) is 1.42. The minimum absolute atomic E-state index is 0.104. The molecular weight excluding hydrogens is 280 g/mol. The molecule has 3 rings (SSSR count). The predicted molar refractivity (Wildman–Crippen MR) is 73.5 cm³/mol. The maximum atomic E-state index is 9.52. The number of halogens is 1. The number of rotatable bonds is 5. The van der Waals surface area contributed by atoms with Crippen molar-refractivity contribution in [3.05, 3.63) is 29.0 Å². The highest BCUT2D eigenvalue weighted by atomic mass is 35.5. The van der Waals surface area contributed by atoms with Crippen LogP contribution in [0.5, 0.6) is 5.75 Å². The van der Waals surface area contributed by atoms with Crippen molar-refractivity contribution in [2.24, 2.45) is 5.92 Å². The third-order valence-corrected chi connectivity index (χ3v) is 3.60. The molecule has 1 aromatic heterocycles. The number of nitrogens with zero attached hydrogens (tertiary/aromatic N) is 2. The van der Waals surface area contributed by atoms with Crippen LogP contribution in [0, 0.1) is 5.92 Å². The van der Waals surface area contributed by atoms with Gasteiger partial charge in [0.05, 0.1) is 10.6 Å². The van der Waals surface area contributed by atoms with Crippen LogP contribution in [0.3, 0.4) is 0 Å². The fraction of sp³-hybridized carbons (Fsp3) is 0.429. The molecule has 20 heavy (non-hydrogen) atoms. The average molecular weight is 295 g/mol. The Bertz CT molecular complexity index is 610. The first-order valence-corrected chi connectivity index (χ1v) is 7.01. The van der Waals surface area contributed by atoms with E-state index in [0.29, 0.717) is 34.8 Å². The molecule has 106 valence electrons. The first-order chi connectivity index (χ1) is 9.69. The zero-order chi connectivity index (χ0) is 14.1. The second-order valence-electron chi connectivity index (χ2n) is 4.84. The summed E-state index contributed by atoms with van der Waals surface area (Å²) in [5, 5.41) is 14.0. The van der Waals surface area contributed by atoms with Gasteiger partial charge in [-0.05, 0) is 43.9 Å². The summed E-state index contributed by atoms with van der Waals surface area (Å²) in [6, 6.07) is 4.61. The van der Waals surface area contributed by atoms with Gasteiger partial charge in [0.15, 0.2) is 0 Å². The zero-order valence-electron chi connectivity index (χ0n) is 11.0. The fourth-order valence-corrected chi connectivity index (χ4v) is 2.34. The molecule has 1 N–H and O–H groups in total. The second kappa shape index (κ2) is 5.42. The second-order valence-corrected chi connectivity index (χ2v) is 5.24. The Hall–Kier alpha value is -1.59. The standard InChI is InChI=1S/C14H15ClN2O3/c1-2-19-12(8-3-4-8)13-16-14(20-17-13)10-7-9(18)5-6-11(10)15/h5-8,12,18H,2-4H2,1H3. The molecule has 1 aromatic carbocycles. The molecule has 2 aromatic rings. The van der Waals surface area contributed by atoms with E-state index in [4.69, 9.17) is 20.9 Å². The Balaban J connectivity index is 1.90. The Morgan fingerprint density at radius 2 is 2.30 bits per heavy atom. The van der Waals surface area contributed by atoms with Crippen molar-refractivity contribution in [2.75, 3.05) is 6.61 Å². The van der Waals surface area contributed by atoms with E-state index in [0.717, 1.165) is 12.8 Å². The highest BCUT2D eigenvalue weighted by molar-refractivity contribution is 6.33. The molecule has 6 heteroatoms. The maximum Gasteiger partial charge on any atom is 0.259 e. The third kappa shape index (κ3) is 2.64. The number of phenols is 1. The van der Waals surface area contributed by atoms with E-state index in [1.54, 1.807) is 6.07 Å². The lowest BCUT2D eigenvalue weighted by atomic mass is 10.2. The number of hydrogen-bond acceptors (Lipinski definition) is 5. The molecule has 0 saturated heterocycles. The lowest BCUT2D eigenvalue weighted by Gasteiger charge is -2.11. The number of phenolic OH excluding ortho intramolecular Hbond substituents is 1. The van der Waals surface area contributed by atoms with E-state index in [1.165, 1.54) is 12.1 Å². The van der Waals surface area contributed by atoms with Crippen LogP contribution in [-0.2, 0) is 4.74 Å². The Kier molecular flexibility index (Phi) is 3.63. The maximum absolute atomic E-state index is 9.52. The molecule has 5 nitrogen and oxygen atoms in total. The molecule has 1 heterocycles. The molecule has 1 unspecified atom stereocenters. The Labute approximate surface area is 121 Å². The number of aromatic nitrogens is 2. The van der Waals surface area contributed by atoms with Crippen molar-refractivity contribution in [3.8, 4) is 17.2 Å². The van der Waals surface area contributed by atoms with Gasteiger partial charge in [0, 0.05) is 6.61 Å². The van der Waals surface area contributed by atoms with Crippen LogP contribution in [0.2, 0.25) is 5.02 Å². The first kappa shape index (κ1) is 13.4. The van der Waals surface area contributed by atoms with Crippen molar-refractivity contribution >= 4 is 11.6 Å². The minimum Gasteiger partial charge on any atom is -0.508 e. The van der Waals surface area contributed by atoms with E-state index in [2.05, 4.69) is 10.1 Å². The number of ether oxygens (including phenoxy) is 1. The van der Waals surface area contributed by atoms with Crippen LogP contribution in [0.15, 0.2) is 22.7 Å². The highest BCUT2D eigenvalue weighted by Crippen LogP contribution is 2.43. The number of hydrogen-bond donors (Lipinski definition) is 1. The lowest BCUT2D eigenvalue weighted by Crippen LogP contribution is -2.08. The molecule has 1 saturated carbocycles. The van der Waals surface area contributed by atoms with Crippen LogP contribution in [0.25, 0.3) is 11.5 Å². The number of aromatic hydroxyl groups is 1. The van der Waals surface area contributed by atoms with Crippen molar-refractivity contribution < 1.29 is 14.4 Å². The molecule has 1 atom stereocenters. The van der Waals surface area contributed by atoms with Crippen LogP contribution < -0.4 is 0 Å². The summed E-state index contributed by atoms with van der Waals surface area (Å²) in [7, 11) is 0. The molecule has 0 radical (unpaired) electrons. The molecule has 0 bridgehead atoms. The van der Waals surface area contributed by atoms with E-state index in [9.17, 15) is 5.11 Å². The molecule has 1 fully saturated rings. The monoisotopic (exact) mass is 294 g/mol. The number of benzene rings is 1. The summed E-state index contributed by atoms with van der Waals surface area (Å²) >= 11 is 6.09. The minimum atomic E-state index is -0.117. The smallest absolute Gasteiger partial charge is 0.259 e. The van der Waals surface area contributed by atoms with Crippen LogP contribution in [0.4, 0.5) is 0 Å². The van der Waals surface area contributed by atoms with Gasteiger partial charge in [-0.3, -0.25) is 0 Å². The summed E-state index contributed by atoms with van der Waals surface area (Å²) < 4.78 is 10.9. The van der Waals surface area contributed by atoms with Gasteiger partial charge in [-0.25, -0.2) is 0 Å². The average Bonchev–Trinajstić information content (AvgIpc) is 3.16. The van der Waals surface area contributed by atoms with E-state index in [1.807, 2.05) is 6.92 Å². The van der Waals surface area contributed by atoms with Gasteiger partial charge in [0.2, 0.25) is 5.82 Å². The van der Waals surface area contributed by atoms with Gasteiger partial charge in [-0.2, -0.15) is 4.98 Å². The van der Waals surface area contributed by atoms with Crippen LogP contribution >= 0.6 is 11.6 Å². The van der Waals surface area contributed by atoms with Crippen molar-refractivity contribution in [1.82, 2.24) is 10.1 Å². The third-order valence-electron chi connectivity index (χ3n) is 3.27. The Morgan fingerprint density at radius 3 is 3.00 bits per heavy atom. The van der Waals surface area contributed by atoms with Gasteiger partial charge in [-0.15, -0.1) is 0 Å². The van der Waals surface area contributed by atoms with E-state index in [-0.39, 0.29) is 11.9 Å². The Morgan fingerprint density at radius 1 is 1.50 bits per heavy atom. The molecule has 1 aliphatic rings. The lowest BCUT2D eigenvalue weighted by molar-refractivity contribution is 0.0385. The molecule has 1 aliphatic carbocycles. The van der Waals surface area contributed by atoms with Gasteiger partial charge >= 0.3 is 0 Å². The van der Waals surface area contributed by atoms with E-state index >= 15 is 0 Å². The van der Waals surface area contributed by atoms with Crippen LogP contribution in [-0.4, -0.2) is 21.9 Å².